The van der Waals surface area contributed by atoms with Crippen molar-refractivity contribution in [2.45, 2.75) is 96.4 Å². The lowest BCUT2D eigenvalue weighted by Gasteiger charge is -2.16. The lowest BCUT2D eigenvalue weighted by atomic mass is 10.1. The minimum Gasteiger partial charge on any atom is -0.350 e. The first kappa shape index (κ1) is 27.0. The quantitative estimate of drug-likeness (QED) is 0.222. The van der Waals surface area contributed by atoms with Crippen LogP contribution in [0.5, 0.6) is 0 Å². The highest BCUT2D eigenvalue weighted by atomic mass is 31.2. The van der Waals surface area contributed by atoms with Gasteiger partial charge in [-0.15, -0.1) is 0 Å². The van der Waals surface area contributed by atoms with E-state index >= 15 is 0 Å². The Hall–Kier alpha value is -0.0100. The maximum absolute atomic E-state index is 11.8. The van der Waals surface area contributed by atoms with Crippen molar-refractivity contribution in [3.05, 3.63) is 0 Å². The molecule has 0 aromatic rings. The van der Waals surface area contributed by atoms with Gasteiger partial charge in [-0.2, -0.15) is 0 Å². The molecule has 0 bridgehead atoms. The third-order valence-electron chi connectivity index (χ3n) is 5.07. The number of rotatable bonds is 19. The molecule has 0 aromatic heterocycles. The standard InChI is InChI=1S/C21H44NO6P/c1-4-5-6-7-8-9-10-11-12-13-14-15-21-25-18-20(28-21)19-27-29(23,24)26-17-16-22(2)3/h20-21H,4-19H2,1-3H3,(H,23,24)/t20-,21-/m1/s1. The van der Waals surface area contributed by atoms with Gasteiger partial charge in [-0.25, -0.2) is 4.57 Å². The van der Waals surface area contributed by atoms with Crippen molar-refractivity contribution in [3.8, 4) is 0 Å². The van der Waals surface area contributed by atoms with Gasteiger partial charge in [0.2, 0.25) is 0 Å². The molecular weight excluding hydrogens is 393 g/mol. The Morgan fingerprint density at radius 1 is 0.966 bits per heavy atom. The maximum atomic E-state index is 11.8. The zero-order valence-electron chi connectivity index (χ0n) is 18.9. The molecule has 0 spiro atoms. The molecule has 0 saturated carbocycles. The van der Waals surface area contributed by atoms with Crippen molar-refractivity contribution >= 4 is 7.82 Å². The van der Waals surface area contributed by atoms with E-state index in [1.165, 1.54) is 64.2 Å². The number of phosphoric ester groups is 1. The van der Waals surface area contributed by atoms with Gasteiger partial charge in [-0.05, 0) is 26.9 Å². The normalized spacial score (nSPS) is 21.7. The molecule has 0 aliphatic carbocycles. The van der Waals surface area contributed by atoms with Gasteiger partial charge in [0.1, 0.15) is 6.10 Å². The molecule has 1 fully saturated rings. The topological polar surface area (TPSA) is 77.5 Å². The Morgan fingerprint density at radius 2 is 1.55 bits per heavy atom. The number of unbranched alkanes of at least 4 members (excludes halogenated alkanes) is 10. The molecule has 0 radical (unpaired) electrons. The van der Waals surface area contributed by atoms with Crippen molar-refractivity contribution in [3.63, 3.8) is 0 Å². The smallest absolute Gasteiger partial charge is 0.350 e. The lowest BCUT2D eigenvalue weighted by molar-refractivity contribution is -0.0702. The fourth-order valence-corrected chi connectivity index (χ4v) is 4.02. The largest absolute Gasteiger partial charge is 0.472 e. The van der Waals surface area contributed by atoms with E-state index in [2.05, 4.69) is 6.92 Å². The van der Waals surface area contributed by atoms with E-state index in [9.17, 15) is 9.46 Å². The van der Waals surface area contributed by atoms with E-state index in [1.54, 1.807) is 0 Å². The highest BCUT2D eigenvalue weighted by Crippen LogP contribution is 2.43. The van der Waals surface area contributed by atoms with Crippen molar-refractivity contribution in [2.24, 2.45) is 0 Å². The van der Waals surface area contributed by atoms with Crippen LogP contribution >= 0.6 is 7.82 Å². The van der Waals surface area contributed by atoms with Gasteiger partial charge in [0.05, 0.1) is 19.8 Å². The van der Waals surface area contributed by atoms with E-state index in [4.69, 9.17) is 18.5 Å². The molecular formula is C21H44NO6P. The molecule has 0 amide bonds. The Labute approximate surface area is 178 Å². The Kier molecular flexibility index (Phi) is 15.5. The molecule has 174 valence electrons. The number of hydrogen-bond acceptors (Lipinski definition) is 6. The summed E-state index contributed by atoms with van der Waals surface area (Å²) in [5.41, 5.74) is 0. The molecule has 1 unspecified atom stereocenters. The minimum atomic E-state index is -4.03. The monoisotopic (exact) mass is 437 g/mol. The average molecular weight is 438 g/mol. The molecule has 1 N–H and O–H groups in total. The number of likely N-dealkylation sites (N-methyl/N-ethyl adjacent to an activating group) is 1. The van der Waals surface area contributed by atoms with E-state index in [-0.39, 0.29) is 25.6 Å². The second-order valence-electron chi connectivity index (χ2n) is 8.25. The molecule has 1 aliphatic rings. The van der Waals surface area contributed by atoms with Crippen LogP contribution in [-0.2, 0) is 23.1 Å². The summed E-state index contributed by atoms with van der Waals surface area (Å²) in [6.07, 6.45) is 14.8. The lowest BCUT2D eigenvalue weighted by Crippen LogP contribution is -2.20. The van der Waals surface area contributed by atoms with E-state index in [1.807, 2.05) is 19.0 Å². The van der Waals surface area contributed by atoms with Gasteiger partial charge in [0.15, 0.2) is 6.29 Å². The van der Waals surface area contributed by atoms with Gasteiger partial charge in [0.25, 0.3) is 0 Å². The van der Waals surface area contributed by atoms with Crippen molar-refractivity contribution in [1.82, 2.24) is 4.90 Å². The van der Waals surface area contributed by atoms with Crippen LogP contribution in [0.3, 0.4) is 0 Å². The van der Waals surface area contributed by atoms with E-state index in [0.29, 0.717) is 13.2 Å². The van der Waals surface area contributed by atoms with Gasteiger partial charge >= 0.3 is 7.82 Å². The SMILES string of the molecule is CCCCCCCCCCCCC[C@@H]1OC[C@H](COP(=O)(O)OCCN(C)C)O1. The molecule has 1 aliphatic heterocycles. The third-order valence-corrected chi connectivity index (χ3v) is 6.06. The summed E-state index contributed by atoms with van der Waals surface area (Å²) in [5, 5.41) is 0. The maximum Gasteiger partial charge on any atom is 0.472 e. The Balaban J connectivity index is 1.95. The number of hydrogen-bond donors (Lipinski definition) is 1. The minimum absolute atomic E-state index is 0.00446. The zero-order chi connectivity index (χ0) is 21.4. The predicted molar refractivity (Wildman–Crippen MR) is 116 cm³/mol. The fourth-order valence-electron chi connectivity index (χ4n) is 3.28. The van der Waals surface area contributed by atoms with Crippen LogP contribution in [0.2, 0.25) is 0 Å². The summed E-state index contributed by atoms with van der Waals surface area (Å²) in [4.78, 5) is 11.5. The summed E-state index contributed by atoms with van der Waals surface area (Å²) in [5.74, 6) is 0. The Bertz CT molecular complexity index is 437. The van der Waals surface area contributed by atoms with Crippen LogP contribution in [-0.4, -0.2) is 62.6 Å². The molecule has 3 atom stereocenters. The van der Waals surface area contributed by atoms with E-state index < -0.39 is 7.82 Å². The second kappa shape index (κ2) is 16.7. The first-order valence-electron chi connectivity index (χ1n) is 11.5. The molecule has 7 nitrogen and oxygen atoms in total. The molecule has 29 heavy (non-hydrogen) atoms. The summed E-state index contributed by atoms with van der Waals surface area (Å²) in [6.45, 7) is 3.35. The van der Waals surface area contributed by atoms with Crippen LogP contribution in [0.25, 0.3) is 0 Å². The molecule has 0 aromatic carbocycles. The summed E-state index contributed by atoms with van der Waals surface area (Å²) >= 11 is 0. The van der Waals surface area contributed by atoms with Crippen LogP contribution in [0.15, 0.2) is 0 Å². The first-order chi connectivity index (χ1) is 13.9. The van der Waals surface area contributed by atoms with Crippen molar-refractivity contribution < 1.29 is 28.0 Å². The van der Waals surface area contributed by atoms with Crippen LogP contribution in [0, 0.1) is 0 Å². The van der Waals surface area contributed by atoms with Crippen LogP contribution in [0.4, 0.5) is 0 Å². The molecule has 1 heterocycles. The number of phosphoric acid groups is 1. The number of ether oxygens (including phenoxy) is 2. The van der Waals surface area contributed by atoms with Crippen LogP contribution < -0.4 is 0 Å². The highest BCUT2D eigenvalue weighted by Gasteiger charge is 2.29. The first-order valence-corrected chi connectivity index (χ1v) is 13.0. The summed E-state index contributed by atoms with van der Waals surface area (Å²) < 4.78 is 33.1. The predicted octanol–water partition coefficient (Wildman–Crippen LogP) is 5.12. The van der Waals surface area contributed by atoms with Gasteiger partial charge in [-0.1, -0.05) is 71.1 Å². The summed E-state index contributed by atoms with van der Waals surface area (Å²) in [7, 11) is -0.297. The van der Waals surface area contributed by atoms with Gasteiger partial charge in [0, 0.05) is 6.54 Å². The third kappa shape index (κ3) is 15.4. The molecule has 8 heteroatoms. The Morgan fingerprint density at radius 3 is 2.14 bits per heavy atom. The summed E-state index contributed by atoms with van der Waals surface area (Å²) in [6, 6.07) is 0. The molecule has 1 saturated heterocycles. The molecule has 1 rings (SSSR count). The van der Waals surface area contributed by atoms with Gasteiger partial charge in [-0.3, -0.25) is 9.05 Å². The van der Waals surface area contributed by atoms with E-state index in [0.717, 1.165) is 12.8 Å². The van der Waals surface area contributed by atoms with Gasteiger partial charge < -0.3 is 19.3 Å². The number of nitrogens with zero attached hydrogens (tertiary/aromatic N) is 1. The van der Waals surface area contributed by atoms with Crippen molar-refractivity contribution in [2.75, 3.05) is 40.5 Å². The van der Waals surface area contributed by atoms with Crippen molar-refractivity contribution in [1.29, 1.82) is 0 Å². The average Bonchev–Trinajstić information content (AvgIpc) is 3.12. The fraction of sp³-hybridized carbons (Fsp3) is 1.00. The van der Waals surface area contributed by atoms with Crippen LogP contribution in [0.1, 0.15) is 84.0 Å². The second-order valence-corrected chi connectivity index (χ2v) is 9.70. The zero-order valence-corrected chi connectivity index (χ0v) is 19.7. The highest BCUT2D eigenvalue weighted by molar-refractivity contribution is 7.47.